The van der Waals surface area contributed by atoms with Gasteiger partial charge in [0.2, 0.25) is 10.0 Å². The third-order valence-electron chi connectivity index (χ3n) is 5.24. The van der Waals surface area contributed by atoms with Gasteiger partial charge in [-0.15, -0.1) is 0 Å². The van der Waals surface area contributed by atoms with E-state index in [1.807, 2.05) is 13.8 Å². The number of rotatable bonds is 7. The number of carbonyl (C=O) groups excluding carboxylic acids is 1. The largest absolute Gasteiger partial charge is 0.490 e. The van der Waals surface area contributed by atoms with E-state index in [1.165, 1.54) is 37.1 Å². The van der Waals surface area contributed by atoms with E-state index in [1.54, 1.807) is 6.07 Å². The van der Waals surface area contributed by atoms with Gasteiger partial charge in [0, 0.05) is 11.5 Å². The molecule has 1 fully saturated rings. The van der Waals surface area contributed by atoms with Crippen molar-refractivity contribution in [2.24, 2.45) is 11.1 Å². The highest BCUT2D eigenvalue weighted by molar-refractivity contribution is 7.94. The Morgan fingerprint density at radius 1 is 1.06 bits per heavy atom. The van der Waals surface area contributed by atoms with Crippen molar-refractivity contribution in [1.82, 2.24) is 0 Å². The minimum Gasteiger partial charge on any atom is -0.490 e. The first-order valence-electron chi connectivity index (χ1n) is 10.7. The van der Waals surface area contributed by atoms with E-state index in [2.05, 4.69) is 11.8 Å². The van der Waals surface area contributed by atoms with E-state index in [9.17, 15) is 21.6 Å². The first kappa shape index (κ1) is 25.0. The molecule has 0 heterocycles. The molecule has 0 unspecified atom stereocenters. The molecule has 0 bridgehead atoms. The number of sulfone groups is 1. The fourth-order valence-electron chi connectivity index (χ4n) is 3.68. The van der Waals surface area contributed by atoms with Gasteiger partial charge in [-0.25, -0.2) is 22.0 Å². The fraction of sp³-hybridized carbons (Fsp3) is 0.375. The second kappa shape index (κ2) is 10.1. The van der Waals surface area contributed by atoms with Crippen LogP contribution >= 0.6 is 0 Å². The van der Waals surface area contributed by atoms with E-state index in [-0.39, 0.29) is 11.7 Å². The lowest BCUT2D eigenvalue weighted by Gasteiger charge is -2.13. The lowest BCUT2D eigenvalue weighted by molar-refractivity contribution is 0.102. The Labute approximate surface area is 195 Å². The molecule has 2 N–H and O–H groups in total. The van der Waals surface area contributed by atoms with Crippen LogP contribution in [0.2, 0.25) is 0 Å². The summed E-state index contributed by atoms with van der Waals surface area (Å²) in [5.74, 6) is 5.56. The molecule has 0 saturated heterocycles. The van der Waals surface area contributed by atoms with Crippen molar-refractivity contribution in [3.05, 3.63) is 53.6 Å². The fourth-order valence-corrected chi connectivity index (χ4v) is 6.35. The van der Waals surface area contributed by atoms with Crippen molar-refractivity contribution >= 4 is 25.6 Å². The summed E-state index contributed by atoms with van der Waals surface area (Å²) in [4.78, 5) is 11.8. The van der Waals surface area contributed by atoms with Crippen molar-refractivity contribution in [2.45, 2.75) is 55.4 Å². The highest BCUT2D eigenvalue weighted by Crippen LogP contribution is 2.26. The summed E-state index contributed by atoms with van der Waals surface area (Å²) in [6, 6.07) is 9.60. The molecule has 2 aromatic rings. The molecule has 1 aliphatic carbocycles. The summed E-state index contributed by atoms with van der Waals surface area (Å²) >= 11 is 0. The molecular formula is C24H27NO6S2. The van der Waals surface area contributed by atoms with Gasteiger partial charge in [0.25, 0.3) is 0 Å². The number of hydrogen-bond donors (Lipinski definition) is 1. The van der Waals surface area contributed by atoms with Crippen LogP contribution in [0.4, 0.5) is 0 Å². The lowest BCUT2D eigenvalue weighted by Crippen LogP contribution is -2.21. The van der Waals surface area contributed by atoms with Crippen LogP contribution in [-0.4, -0.2) is 34.5 Å². The maximum atomic E-state index is 12.9. The Hall–Kier alpha value is -2.67. The highest BCUT2D eigenvalue weighted by Gasteiger charge is 2.27. The van der Waals surface area contributed by atoms with Crippen LogP contribution in [0.25, 0.3) is 0 Å². The zero-order valence-electron chi connectivity index (χ0n) is 18.6. The predicted octanol–water partition coefficient (Wildman–Crippen LogP) is 3.32. The SMILES string of the molecule is CC(C)Oc1cc(C(=O)CS(=O)(=O)c2ccccc2S(N)(=O)=O)ccc1C#CC1CCCC1. The van der Waals surface area contributed by atoms with Crippen molar-refractivity contribution in [2.75, 3.05) is 5.75 Å². The molecule has 33 heavy (non-hydrogen) atoms. The van der Waals surface area contributed by atoms with E-state index in [4.69, 9.17) is 9.88 Å². The summed E-state index contributed by atoms with van der Waals surface area (Å²) in [5, 5.41) is 5.15. The first-order valence-corrected chi connectivity index (χ1v) is 13.9. The number of Topliss-reactive ketones (excluding diaryl/α,β-unsaturated/α-hetero) is 1. The Morgan fingerprint density at radius 3 is 2.30 bits per heavy atom. The molecule has 9 heteroatoms. The lowest BCUT2D eigenvalue weighted by atomic mass is 10.1. The van der Waals surface area contributed by atoms with Crippen LogP contribution in [0.5, 0.6) is 5.75 Å². The molecule has 0 atom stereocenters. The third kappa shape index (κ3) is 6.44. The minimum absolute atomic E-state index is 0.133. The summed E-state index contributed by atoms with van der Waals surface area (Å²) in [5.41, 5.74) is 0.767. The van der Waals surface area contributed by atoms with E-state index < -0.39 is 41.2 Å². The van der Waals surface area contributed by atoms with Crippen LogP contribution in [0.1, 0.15) is 55.5 Å². The number of benzene rings is 2. The highest BCUT2D eigenvalue weighted by atomic mass is 32.2. The molecule has 0 aliphatic heterocycles. The van der Waals surface area contributed by atoms with Gasteiger partial charge >= 0.3 is 0 Å². The summed E-state index contributed by atoms with van der Waals surface area (Å²) < 4.78 is 55.2. The monoisotopic (exact) mass is 489 g/mol. The van der Waals surface area contributed by atoms with E-state index in [0.29, 0.717) is 17.2 Å². The van der Waals surface area contributed by atoms with Gasteiger partial charge in [-0.05, 0) is 57.0 Å². The predicted molar refractivity (Wildman–Crippen MR) is 125 cm³/mol. The minimum atomic E-state index is -4.28. The number of nitrogens with two attached hydrogens (primary N) is 1. The van der Waals surface area contributed by atoms with Crippen molar-refractivity contribution in [1.29, 1.82) is 0 Å². The number of ether oxygens (including phenoxy) is 1. The molecule has 1 saturated carbocycles. The zero-order chi connectivity index (χ0) is 24.2. The van der Waals surface area contributed by atoms with Gasteiger partial charge in [0.15, 0.2) is 15.6 Å². The van der Waals surface area contributed by atoms with Gasteiger partial charge in [-0.2, -0.15) is 0 Å². The average molecular weight is 490 g/mol. The molecule has 2 aromatic carbocycles. The molecule has 0 amide bonds. The maximum absolute atomic E-state index is 12.9. The Balaban J connectivity index is 1.91. The number of ketones is 1. The van der Waals surface area contributed by atoms with Gasteiger partial charge in [-0.1, -0.05) is 36.8 Å². The Kier molecular flexibility index (Phi) is 7.62. The zero-order valence-corrected chi connectivity index (χ0v) is 20.2. The molecular weight excluding hydrogens is 462 g/mol. The normalized spacial score (nSPS) is 14.7. The smallest absolute Gasteiger partial charge is 0.239 e. The number of primary sulfonamides is 1. The molecule has 0 radical (unpaired) electrons. The molecule has 1 aliphatic rings. The van der Waals surface area contributed by atoms with Crippen molar-refractivity contribution in [3.8, 4) is 17.6 Å². The van der Waals surface area contributed by atoms with E-state index in [0.717, 1.165) is 25.0 Å². The Morgan fingerprint density at radius 2 is 1.70 bits per heavy atom. The van der Waals surface area contributed by atoms with E-state index >= 15 is 0 Å². The van der Waals surface area contributed by atoms with Crippen LogP contribution in [0.3, 0.4) is 0 Å². The topological polar surface area (TPSA) is 121 Å². The van der Waals surface area contributed by atoms with Crippen LogP contribution in [0.15, 0.2) is 52.3 Å². The summed E-state index contributed by atoms with van der Waals surface area (Å²) in [7, 11) is -8.55. The average Bonchev–Trinajstić information content (AvgIpc) is 3.25. The van der Waals surface area contributed by atoms with Gasteiger partial charge in [0.1, 0.15) is 16.4 Å². The molecule has 0 spiro atoms. The number of sulfonamides is 1. The van der Waals surface area contributed by atoms with Gasteiger partial charge in [0.05, 0.1) is 16.6 Å². The van der Waals surface area contributed by atoms with Gasteiger partial charge < -0.3 is 4.74 Å². The summed E-state index contributed by atoms with van der Waals surface area (Å²) in [6.45, 7) is 3.69. The number of carbonyl (C=O) groups is 1. The Bertz CT molecular complexity index is 1310. The van der Waals surface area contributed by atoms with Crippen LogP contribution in [0, 0.1) is 17.8 Å². The molecule has 176 valence electrons. The quantitative estimate of drug-likeness (QED) is 0.470. The van der Waals surface area contributed by atoms with Crippen LogP contribution in [-0.2, 0) is 19.9 Å². The number of hydrogen-bond acceptors (Lipinski definition) is 6. The molecule has 7 nitrogen and oxygen atoms in total. The van der Waals surface area contributed by atoms with Crippen molar-refractivity contribution in [3.63, 3.8) is 0 Å². The van der Waals surface area contributed by atoms with Crippen molar-refractivity contribution < 1.29 is 26.4 Å². The van der Waals surface area contributed by atoms with Crippen LogP contribution < -0.4 is 9.88 Å². The van der Waals surface area contributed by atoms with Gasteiger partial charge in [-0.3, -0.25) is 4.79 Å². The summed E-state index contributed by atoms with van der Waals surface area (Å²) in [6.07, 6.45) is 4.31. The standard InChI is InChI=1S/C24H27NO6S2/c1-17(2)31-22-15-20(14-13-19(22)12-11-18-7-3-4-8-18)21(26)16-32(27,28)23-9-5-6-10-24(23)33(25,29)30/h5-6,9-10,13-15,17-18H,3-4,7-8,16H2,1-2H3,(H2,25,29,30). The molecule has 0 aromatic heterocycles. The maximum Gasteiger partial charge on any atom is 0.239 e. The molecule has 3 rings (SSSR count). The first-order chi connectivity index (χ1) is 15.5. The second-order valence-electron chi connectivity index (χ2n) is 8.30. The third-order valence-corrected chi connectivity index (χ3v) is 8.01. The second-order valence-corrected chi connectivity index (χ2v) is 11.8.